The SMILES string of the molecule is Cc1cccc(NC(=O)[C@H]2CC(=O)N(c3cc(C)cc(C)c3)C2)c1. The molecular formula is C20H22N2O2. The van der Waals surface area contributed by atoms with Crippen LogP contribution in [0.5, 0.6) is 0 Å². The molecule has 1 saturated heterocycles. The molecule has 1 fully saturated rings. The molecule has 1 N–H and O–H groups in total. The molecule has 4 heteroatoms. The predicted molar refractivity (Wildman–Crippen MR) is 96.2 cm³/mol. The number of nitrogens with one attached hydrogen (secondary N) is 1. The van der Waals surface area contributed by atoms with Crippen LogP contribution in [0.1, 0.15) is 23.1 Å². The summed E-state index contributed by atoms with van der Waals surface area (Å²) >= 11 is 0. The Morgan fingerprint density at radius 1 is 1.04 bits per heavy atom. The molecule has 0 spiro atoms. The van der Waals surface area contributed by atoms with Gasteiger partial charge in [-0.1, -0.05) is 18.2 Å². The summed E-state index contributed by atoms with van der Waals surface area (Å²) in [6, 6.07) is 13.7. The van der Waals surface area contributed by atoms with Crippen molar-refractivity contribution in [1.82, 2.24) is 0 Å². The summed E-state index contributed by atoms with van der Waals surface area (Å²) in [7, 11) is 0. The van der Waals surface area contributed by atoms with Crippen LogP contribution in [0.4, 0.5) is 11.4 Å². The number of nitrogens with zero attached hydrogens (tertiary/aromatic N) is 1. The Hall–Kier alpha value is -2.62. The van der Waals surface area contributed by atoms with Crippen LogP contribution in [0.2, 0.25) is 0 Å². The van der Waals surface area contributed by atoms with Crippen molar-refractivity contribution >= 4 is 23.2 Å². The third kappa shape index (κ3) is 3.48. The van der Waals surface area contributed by atoms with E-state index < -0.39 is 0 Å². The first-order valence-electron chi connectivity index (χ1n) is 8.18. The highest BCUT2D eigenvalue weighted by Gasteiger charge is 2.35. The fourth-order valence-corrected chi connectivity index (χ4v) is 3.21. The number of rotatable bonds is 3. The lowest BCUT2D eigenvalue weighted by molar-refractivity contribution is -0.122. The number of carbonyl (C=O) groups is 2. The monoisotopic (exact) mass is 322 g/mol. The molecule has 0 aromatic heterocycles. The molecule has 0 unspecified atom stereocenters. The maximum absolute atomic E-state index is 12.5. The molecule has 1 heterocycles. The van der Waals surface area contributed by atoms with Crippen LogP contribution in [-0.4, -0.2) is 18.4 Å². The second-order valence-electron chi connectivity index (χ2n) is 6.61. The molecule has 1 atom stereocenters. The van der Waals surface area contributed by atoms with E-state index in [4.69, 9.17) is 0 Å². The summed E-state index contributed by atoms with van der Waals surface area (Å²) in [6.45, 7) is 6.44. The maximum Gasteiger partial charge on any atom is 0.229 e. The van der Waals surface area contributed by atoms with E-state index in [1.807, 2.05) is 57.2 Å². The van der Waals surface area contributed by atoms with Crippen LogP contribution >= 0.6 is 0 Å². The third-order valence-electron chi connectivity index (χ3n) is 4.30. The van der Waals surface area contributed by atoms with Crippen LogP contribution in [0, 0.1) is 26.7 Å². The summed E-state index contributed by atoms with van der Waals surface area (Å²) in [6.07, 6.45) is 0.255. The zero-order valence-corrected chi connectivity index (χ0v) is 14.3. The van der Waals surface area contributed by atoms with Gasteiger partial charge in [-0.25, -0.2) is 0 Å². The minimum absolute atomic E-state index is 0.00407. The van der Waals surface area contributed by atoms with Crippen LogP contribution in [0.25, 0.3) is 0 Å². The highest BCUT2D eigenvalue weighted by atomic mass is 16.2. The smallest absolute Gasteiger partial charge is 0.229 e. The van der Waals surface area contributed by atoms with Crippen molar-refractivity contribution in [3.05, 3.63) is 59.2 Å². The predicted octanol–water partition coefficient (Wildman–Crippen LogP) is 3.60. The van der Waals surface area contributed by atoms with Gasteiger partial charge in [0.1, 0.15) is 0 Å². The van der Waals surface area contributed by atoms with Crippen molar-refractivity contribution < 1.29 is 9.59 Å². The van der Waals surface area contributed by atoms with Crippen molar-refractivity contribution in [2.24, 2.45) is 5.92 Å². The van der Waals surface area contributed by atoms with E-state index >= 15 is 0 Å². The molecule has 0 aliphatic carbocycles. The number of benzene rings is 2. The first-order chi connectivity index (χ1) is 11.4. The highest BCUT2D eigenvalue weighted by molar-refractivity contribution is 6.03. The molecule has 4 nitrogen and oxygen atoms in total. The van der Waals surface area contributed by atoms with Gasteiger partial charge in [0, 0.05) is 24.3 Å². The number of aryl methyl sites for hydroxylation is 3. The average molecular weight is 322 g/mol. The van der Waals surface area contributed by atoms with Gasteiger partial charge in [0.15, 0.2) is 0 Å². The zero-order valence-electron chi connectivity index (χ0n) is 14.3. The summed E-state index contributed by atoms with van der Waals surface area (Å²) in [5.41, 5.74) is 4.98. The lowest BCUT2D eigenvalue weighted by Crippen LogP contribution is -2.28. The first kappa shape index (κ1) is 16.2. The molecule has 0 radical (unpaired) electrons. The van der Waals surface area contributed by atoms with Crippen molar-refractivity contribution in [3.63, 3.8) is 0 Å². The standard InChI is InChI=1S/C20H22N2O2/c1-13-5-4-6-17(8-13)21-20(24)16-11-19(23)22(12-16)18-9-14(2)7-15(3)10-18/h4-10,16H,11-12H2,1-3H3,(H,21,24)/t16-/m0/s1. The minimum Gasteiger partial charge on any atom is -0.326 e. The van der Waals surface area contributed by atoms with Crippen LogP contribution < -0.4 is 10.2 Å². The molecule has 0 bridgehead atoms. The number of anilines is 2. The van der Waals surface area contributed by atoms with E-state index in [0.29, 0.717) is 6.54 Å². The lowest BCUT2D eigenvalue weighted by Gasteiger charge is -2.18. The molecule has 24 heavy (non-hydrogen) atoms. The van der Waals surface area contributed by atoms with Crippen LogP contribution in [0.3, 0.4) is 0 Å². The molecule has 1 aliphatic heterocycles. The van der Waals surface area contributed by atoms with Gasteiger partial charge in [-0.2, -0.15) is 0 Å². The van der Waals surface area contributed by atoms with Gasteiger partial charge in [0.25, 0.3) is 0 Å². The Morgan fingerprint density at radius 2 is 1.75 bits per heavy atom. The van der Waals surface area contributed by atoms with Crippen LogP contribution in [-0.2, 0) is 9.59 Å². The second kappa shape index (κ2) is 6.48. The average Bonchev–Trinajstić information content (AvgIpc) is 2.88. The molecule has 3 rings (SSSR count). The number of hydrogen-bond acceptors (Lipinski definition) is 2. The van der Waals surface area contributed by atoms with Gasteiger partial charge in [0.05, 0.1) is 5.92 Å². The van der Waals surface area contributed by atoms with E-state index in [9.17, 15) is 9.59 Å². The van der Waals surface area contributed by atoms with E-state index in [1.54, 1.807) is 4.90 Å². The molecule has 0 saturated carbocycles. The van der Waals surface area contributed by atoms with Gasteiger partial charge in [0.2, 0.25) is 11.8 Å². The number of carbonyl (C=O) groups excluding carboxylic acids is 2. The van der Waals surface area contributed by atoms with Crippen molar-refractivity contribution in [2.75, 3.05) is 16.8 Å². The van der Waals surface area contributed by atoms with Crippen molar-refractivity contribution in [2.45, 2.75) is 27.2 Å². The largest absolute Gasteiger partial charge is 0.326 e. The van der Waals surface area contributed by atoms with Gasteiger partial charge in [-0.05, 0) is 61.7 Å². The second-order valence-corrected chi connectivity index (χ2v) is 6.61. The first-order valence-corrected chi connectivity index (χ1v) is 8.18. The van der Waals surface area contributed by atoms with Crippen molar-refractivity contribution in [3.8, 4) is 0 Å². The Balaban J connectivity index is 1.73. The van der Waals surface area contributed by atoms with E-state index in [2.05, 4.69) is 11.4 Å². The molecule has 2 aromatic carbocycles. The van der Waals surface area contributed by atoms with Gasteiger partial charge < -0.3 is 10.2 Å². The quantitative estimate of drug-likeness (QED) is 0.938. The number of hydrogen-bond donors (Lipinski definition) is 1. The van der Waals surface area contributed by atoms with Gasteiger partial charge in [-0.3, -0.25) is 9.59 Å². The van der Waals surface area contributed by atoms with E-state index in [-0.39, 0.29) is 24.2 Å². The van der Waals surface area contributed by atoms with E-state index in [1.165, 1.54) is 0 Å². The minimum atomic E-state index is -0.321. The molecular weight excluding hydrogens is 300 g/mol. The maximum atomic E-state index is 12.5. The summed E-state index contributed by atoms with van der Waals surface area (Å²) < 4.78 is 0. The fourth-order valence-electron chi connectivity index (χ4n) is 3.21. The Kier molecular flexibility index (Phi) is 4.38. The summed E-state index contributed by atoms with van der Waals surface area (Å²) in [5, 5.41) is 2.92. The third-order valence-corrected chi connectivity index (χ3v) is 4.30. The van der Waals surface area contributed by atoms with Gasteiger partial charge in [-0.15, -0.1) is 0 Å². The zero-order chi connectivity index (χ0) is 17.3. The van der Waals surface area contributed by atoms with Crippen LogP contribution in [0.15, 0.2) is 42.5 Å². The summed E-state index contributed by atoms with van der Waals surface area (Å²) in [4.78, 5) is 26.6. The Labute approximate surface area is 142 Å². The molecule has 2 amide bonds. The van der Waals surface area contributed by atoms with E-state index in [0.717, 1.165) is 28.1 Å². The lowest BCUT2D eigenvalue weighted by atomic mass is 10.1. The van der Waals surface area contributed by atoms with Gasteiger partial charge >= 0.3 is 0 Å². The highest BCUT2D eigenvalue weighted by Crippen LogP contribution is 2.27. The number of amides is 2. The molecule has 2 aromatic rings. The topological polar surface area (TPSA) is 49.4 Å². The normalized spacial score (nSPS) is 17.2. The Bertz CT molecular complexity index is 778. The van der Waals surface area contributed by atoms with Crippen molar-refractivity contribution in [1.29, 1.82) is 0 Å². The molecule has 1 aliphatic rings. The fraction of sp³-hybridized carbons (Fsp3) is 0.300. The Morgan fingerprint density at radius 3 is 2.42 bits per heavy atom. The summed E-state index contributed by atoms with van der Waals surface area (Å²) in [5.74, 6) is -0.413. The molecule has 124 valence electrons.